The average Bonchev–Trinajstić information content (AvgIpc) is 2.92. The van der Waals surface area contributed by atoms with Crippen LogP contribution in [-0.4, -0.2) is 39.6 Å². The second-order valence-corrected chi connectivity index (χ2v) is 5.64. The molecule has 0 atom stereocenters. The fourth-order valence-corrected chi connectivity index (χ4v) is 2.40. The molecule has 106 valence electrons. The number of nitrogens with one attached hydrogen (secondary N) is 3. The highest BCUT2D eigenvalue weighted by atomic mass is 16.1. The van der Waals surface area contributed by atoms with Crippen LogP contribution in [0.25, 0.3) is 0 Å². The van der Waals surface area contributed by atoms with E-state index >= 15 is 0 Å². The normalized spacial score (nSPS) is 17.4. The molecule has 2 rings (SSSR count). The third-order valence-electron chi connectivity index (χ3n) is 3.59. The summed E-state index contributed by atoms with van der Waals surface area (Å²) in [7, 11) is 0. The van der Waals surface area contributed by atoms with E-state index in [0.717, 1.165) is 19.5 Å². The van der Waals surface area contributed by atoms with Crippen LogP contribution in [0.4, 0.5) is 0 Å². The van der Waals surface area contributed by atoms with Crippen LogP contribution in [0, 0.1) is 5.92 Å². The predicted molar refractivity (Wildman–Crippen MR) is 70.2 cm³/mol. The fourth-order valence-electron chi connectivity index (χ4n) is 2.40. The molecule has 19 heavy (non-hydrogen) atoms. The highest BCUT2D eigenvalue weighted by molar-refractivity contribution is 5.76. The van der Waals surface area contributed by atoms with Gasteiger partial charge in [0.1, 0.15) is 0 Å². The molecule has 7 nitrogen and oxygen atoms in total. The van der Waals surface area contributed by atoms with Gasteiger partial charge in [0.25, 0.3) is 0 Å². The number of rotatable bonds is 5. The largest absolute Gasteiger partial charge is 0.344 e. The number of H-pyrrole nitrogens is 1. The molecule has 2 heterocycles. The van der Waals surface area contributed by atoms with Crippen molar-refractivity contribution in [3.63, 3.8) is 0 Å². The lowest BCUT2D eigenvalue weighted by atomic mass is 9.93. The maximum atomic E-state index is 12.0. The van der Waals surface area contributed by atoms with Crippen molar-refractivity contribution in [2.24, 2.45) is 5.92 Å². The Bertz CT molecular complexity index is 396. The van der Waals surface area contributed by atoms with Gasteiger partial charge in [0, 0.05) is 6.42 Å². The van der Waals surface area contributed by atoms with Crippen LogP contribution >= 0.6 is 0 Å². The molecule has 1 saturated heterocycles. The number of piperidine rings is 1. The van der Waals surface area contributed by atoms with E-state index < -0.39 is 5.54 Å². The van der Waals surface area contributed by atoms with Crippen LogP contribution in [0.3, 0.4) is 0 Å². The summed E-state index contributed by atoms with van der Waals surface area (Å²) < 4.78 is 0. The minimum absolute atomic E-state index is 0.0494. The van der Waals surface area contributed by atoms with Crippen LogP contribution < -0.4 is 10.6 Å². The van der Waals surface area contributed by atoms with E-state index in [9.17, 15) is 4.79 Å². The first-order valence-corrected chi connectivity index (χ1v) is 6.83. The summed E-state index contributed by atoms with van der Waals surface area (Å²) >= 11 is 0. The van der Waals surface area contributed by atoms with E-state index in [1.54, 1.807) is 0 Å². The van der Waals surface area contributed by atoms with Crippen molar-refractivity contribution in [1.29, 1.82) is 0 Å². The van der Waals surface area contributed by atoms with Gasteiger partial charge in [-0.15, -0.1) is 10.2 Å². The molecular weight excluding hydrogens is 244 g/mol. The number of aromatic nitrogens is 4. The van der Waals surface area contributed by atoms with Crippen molar-refractivity contribution in [3.05, 3.63) is 5.82 Å². The van der Waals surface area contributed by atoms with E-state index in [-0.39, 0.29) is 5.91 Å². The lowest BCUT2D eigenvalue weighted by Crippen LogP contribution is -2.42. The highest BCUT2D eigenvalue weighted by Crippen LogP contribution is 2.19. The number of carbonyl (C=O) groups is 1. The Hall–Kier alpha value is -1.50. The van der Waals surface area contributed by atoms with Gasteiger partial charge in [0.2, 0.25) is 5.91 Å². The fraction of sp³-hybridized carbons (Fsp3) is 0.833. The number of aromatic amines is 1. The number of tetrazole rings is 1. The van der Waals surface area contributed by atoms with E-state index in [4.69, 9.17) is 0 Å². The van der Waals surface area contributed by atoms with Gasteiger partial charge in [-0.3, -0.25) is 4.79 Å². The topological polar surface area (TPSA) is 95.6 Å². The van der Waals surface area contributed by atoms with Gasteiger partial charge in [-0.1, -0.05) is 5.21 Å². The monoisotopic (exact) mass is 266 g/mol. The number of nitrogens with zero attached hydrogens (tertiary/aromatic N) is 3. The van der Waals surface area contributed by atoms with Crippen molar-refractivity contribution in [2.45, 2.75) is 45.1 Å². The molecular formula is C12H22N6O. The molecule has 1 aromatic rings. The number of amides is 1. The lowest BCUT2D eigenvalue weighted by molar-refractivity contribution is -0.123. The van der Waals surface area contributed by atoms with Crippen LogP contribution in [0.15, 0.2) is 0 Å². The van der Waals surface area contributed by atoms with Crippen LogP contribution in [0.5, 0.6) is 0 Å². The van der Waals surface area contributed by atoms with Crippen molar-refractivity contribution >= 4 is 5.91 Å². The Morgan fingerprint density at radius 2 is 2.16 bits per heavy atom. The van der Waals surface area contributed by atoms with E-state index in [1.807, 2.05) is 13.8 Å². The highest BCUT2D eigenvalue weighted by Gasteiger charge is 2.27. The lowest BCUT2D eigenvalue weighted by Gasteiger charge is -2.24. The third kappa shape index (κ3) is 3.99. The van der Waals surface area contributed by atoms with Crippen LogP contribution in [-0.2, 0) is 10.3 Å². The number of hydrogen-bond acceptors (Lipinski definition) is 5. The quantitative estimate of drug-likeness (QED) is 0.714. The van der Waals surface area contributed by atoms with Crippen molar-refractivity contribution < 1.29 is 4.79 Å². The van der Waals surface area contributed by atoms with Crippen LogP contribution in [0.2, 0.25) is 0 Å². The molecule has 7 heteroatoms. The van der Waals surface area contributed by atoms with Gasteiger partial charge in [0.15, 0.2) is 5.82 Å². The number of carbonyl (C=O) groups excluding carboxylic acids is 1. The average molecular weight is 266 g/mol. The molecule has 1 aliphatic heterocycles. The summed E-state index contributed by atoms with van der Waals surface area (Å²) in [5, 5.41) is 20.1. The molecule has 0 saturated carbocycles. The molecule has 0 aliphatic carbocycles. The zero-order valence-corrected chi connectivity index (χ0v) is 11.6. The Morgan fingerprint density at radius 1 is 1.42 bits per heavy atom. The SMILES string of the molecule is CC(C)(NC(=O)CCC1CCNCC1)c1nn[nH]n1. The summed E-state index contributed by atoms with van der Waals surface area (Å²) in [5.74, 6) is 1.22. The summed E-state index contributed by atoms with van der Waals surface area (Å²) in [4.78, 5) is 12.0. The number of hydrogen-bond donors (Lipinski definition) is 3. The summed E-state index contributed by atoms with van der Waals surface area (Å²) in [5.41, 5.74) is -0.585. The minimum atomic E-state index is -0.585. The Morgan fingerprint density at radius 3 is 2.79 bits per heavy atom. The molecule has 0 bridgehead atoms. The molecule has 3 N–H and O–H groups in total. The zero-order chi connectivity index (χ0) is 13.7. The van der Waals surface area contributed by atoms with Gasteiger partial charge in [0.05, 0.1) is 5.54 Å². The van der Waals surface area contributed by atoms with Gasteiger partial charge >= 0.3 is 0 Å². The Labute approximate surface area is 112 Å². The summed E-state index contributed by atoms with van der Waals surface area (Å²) in [6.07, 6.45) is 3.85. The molecule has 1 aromatic heterocycles. The molecule has 0 aromatic carbocycles. The van der Waals surface area contributed by atoms with Gasteiger partial charge in [-0.25, -0.2) is 0 Å². The molecule has 0 spiro atoms. The molecule has 1 fully saturated rings. The smallest absolute Gasteiger partial charge is 0.220 e. The third-order valence-corrected chi connectivity index (χ3v) is 3.59. The zero-order valence-electron chi connectivity index (χ0n) is 11.6. The van der Waals surface area contributed by atoms with Crippen molar-refractivity contribution in [3.8, 4) is 0 Å². The standard InChI is InChI=1S/C12H22N6O/c1-12(2,11-15-17-18-16-11)14-10(19)4-3-9-5-7-13-8-6-9/h9,13H,3-8H2,1-2H3,(H,14,19)(H,15,16,17,18). The molecule has 0 radical (unpaired) electrons. The van der Waals surface area contributed by atoms with Gasteiger partial charge in [-0.2, -0.15) is 5.21 Å². The van der Waals surface area contributed by atoms with E-state index in [0.29, 0.717) is 18.2 Å². The maximum Gasteiger partial charge on any atom is 0.220 e. The minimum Gasteiger partial charge on any atom is -0.344 e. The molecule has 1 amide bonds. The summed E-state index contributed by atoms with van der Waals surface area (Å²) in [6.45, 7) is 5.89. The Kier molecular flexibility index (Phi) is 4.47. The molecule has 0 unspecified atom stereocenters. The second-order valence-electron chi connectivity index (χ2n) is 5.64. The first-order valence-electron chi connectivity index (χ1n) is 6.83. The second kappa shape index (κ2) is 6.10. The van der Waals surface area contributed by atoms with E-state index in [2.05, 4.69) is 31.3 Å². The van der Waals surface area contributed by atoms with Gasteiger partial charge < -0.3 is 10.6 Å². The molecule has 1 aliphatic rings. The first kappa shape index (κ1) is 13.9. The van der Waals surface area contributed by atoms with Crippen molar-refractivity contribution in [1.82, 2.24) is 31.3 Å². The summed E-state index contributed by atoms with van der Waals surface area (Å²) in [6, 6.07) is 0. The maximum absolute atomic E-state index is 12.0. The van der Waals surface area contributed by atoms with Crippen LogP contribution in [0.1, 0.15) is 45.4 Å². The van der Waals surface area contributed by atoms with Crippen molar-refractivity contribution in [2.75, 3.05) is 13.1 Å². The first-order chi connectivity index (χ1) is 9.08. The van der Waals surface area contributed by atoms with E-state index in [1.165, 1.54) is 12.8 Å². The predicted octanol–water partition coefficient (Wildman–Crippen LogP) is 0.331. The Balaban J connectivity index is 1.77. The van der Waals surface area contributed by atoms with Gasteiger partial charge in [-0.05, 0) is 52.1 Å².